The van der Waals surface area contributed by atoms with E-state index in [2.05, 4.69) is 15.0 Å². The predicted octanol–water partition coefficient (Wildman–Crippen LogP) is 2.25. The van der Waals surface area contributed by atoms with E-state index in [1.165, 1.54) is 12.1 Å². The molecule has 0 unspecified atom stereocenters. The van der Waals surface area contributed by atoms with Crippen molar-refractivity contribution in [1.29, 1.82) is 0 Å². The third-order valence-electron chi connectivity index (χ3n) is 2.83. The summed E-state index contributed by atoms with van der Waals surface area (Å²) in [5.41, 5.74) is 0.907. The first-order chi connectivity index (χ1) is 9.90. The van der Waals surface area contributed by atoms with Gasteiger partial charge in [0.1, 0.15) is 5.75 Å². The topological polar surface area (TPSA) is 33.7 Å². The van der Waals surface area contributed by atoms with E-state index in [4.69, 9.17) is 4.74 Å². The molecule has 0 aliphatic rings. The van der Waals surface area contributed by atoms with Crippen LogP contribution in [0.2, 0.25) is 0 Å². The fourth-order valence-electron chi connectivity index (χ4n) is 1.67. The van der Waals surface area contributed by atoms with Gasteiger partial charge in [-0.1, -0.05) is 12.1 Å². The largest absolute Gasteiger partial charge is 0.573 e. The Hall–Kier alpha value is -1.31. The normalized spacial score (nSPS) is 11.9. The summed E-state index contributed by atoms with van der Waals surface area (Å²) in [6.07, 6.45) is -4.65. The number of nitrogens with zero attached hydrogens (tertiary/aromatic N) is 1. The summed E-state index contributed by atoms with van der Waals surface area (Å²) >= 11 is 0. The maximum Gasteiger partial charge on any atom is 0.573 e. The lowest BCUT2D eigenvalue weighted by Crippen LogP contribution is -2.31. The molecule has 1 rings (SSSR count). The molecule has 0 fully saturated rings. The minimum atomic E-state index is -4.65. The summed E-state index contributed by atoms with van der Waals surface area (Å²) in [5.74, 6) is -0.203. The van der Waals surface area contributed by atoms with E-state index < -0.39 is 6.36 Å². The number of ether oxygens (including phenoxy) is 2. The maximum atomic E-state index is 12.0. The van der Waals surface area contributed by atoms with E-state index in [9.17, 15) is 13.2 Å². The number of hydrogen-bond donors (Lipinski definition) is 1. The van der Waals surface area contributed by atoms with E-state index in [-0.39, 0.29) is 5.75 Å². The van der Waals surface area contributed by atoms with Crippen LogP contribution in [0, 0.1) is 0 Å². The van der Waals surface area contributed by atoms with Gasteiger partial charge in [-0.15, -0.1) is 13.2 Å². The van der Waals surface area contributed by atoms with Gasteiger partial charge >= 0.3 is 6.36 Å². The molecule has 1 aromatic carbocycles. The van der Waals surface area contributed by atoms with E-state index in [0.29, 0.717) is 13.2 Å². The van der Waals surface area contributed by atoms with E-state index in [1.807, 2.05) is 7.05 Å². The first kappa shape index (κ1) is 17.7. The Morgan fingerprint density at radius 3 is 2.38 bits per heavy atom. The fourth-order valence-corrected chi connectivity index (χ4v) is 1.67. The first-order valence-electron chi connectivity index (χ1n) is 6.63. The smallest absolute Gasteiger partial charge is 0.406 e. The molecule has 0 amide bonds. The zero-order valence-electron chi connectivity index (χ0n) is 12.2. The zero-order chi connectivity index (χ0) is 15.7. The fraction of sp³-hybridized carbons (Fsp3) is 0.571. The van der Waals surface area contributed by atoms with Crippen LogP contribution in [0.1, 0.15) is 5.56 Å². The van der Waals surface area contributed by atoms with Gasteiger partial charge in [0, 0.05) is 33.3 Å². The van der Waals surface area contributed by atoms with Crippen LogP contribution in [0.4, 0.5) is 13.2 Å². The number of alkyl halides is 3. The number of likely N-dealkylation sites (N-methyl/N-ethyl adjacent to an activating group) is 1. The molecule has 0 radical (unpaired) electrons. The highest BCUT2D eigenvalue weighted by atomic mass is 19.4. The second-order valence-corrected chi connectivity index (χ2v) is 4.66. The molecule has 0 aliphatic heterocycles. The molecular formula is C14H21F3N2O2. The van der Waals surface area contributed by atoms with Gasteiger partial charge in [-0.25, -0.2) is 0 Å². The van der Waals surface area contributed by atoms with Gasteiger partial charge in [0.15, 0.2) is 0 Å². The van der Waals surface area contributed by atoms with Crippen molar-refractivity contribution in [2.45, 2.75) is 12.9 Å². The summed E-state index contributed by atoms with van der Waals surface area (Å²) in [7, 11) is 3.67. The maximum absolute atomic E-state index is 12.0. The Morgan fingerprint density at radius 2 is 1.81 bits per heavy atom. The van der Waals surface area contributed by atoms with Gasteiger partial charge in [-0.2, -0.15) is 0 Å². The summed E-state index contributed by atoms with van der Waals surface area (Å²) < 4.78 is 44.8. The highest BCUT2D eigenvalue weighted by Gasteiger charge is 2.30. The standard InChI is InChI=1S/C14H21F3N2O2/c1-19(9-10-20-2)8-7-18-11-12-3-5-13(6-4-12)21-14(15,16)17/h3-6,18H,7-11H2,1-2H3. The Bertz CT molecular complexity index is 396. The average molecular weight is 306 g/mol. The number of methoxy groups -OCH3 is 1. The molecule has 120 valence electrons. The molecule has 0 bridgehead atoms. The minimum absolute atomic E-state index is 0.203. The van der Waals surface area contributed by atoms with Crippen molar-refractivity contribution in [2.75, 3.05) is 40.4 Å². The lowest BCUT2D eigenvalue weighted by Gasteiger charge is -2.16. The molecule has 7 heteroatoms. The van der Waals surface area contributed by atoms with Crippen LogP contribution >= 0.6 is 0 Å². The van der Waals surface area contributed by atoms with Crippen molar-refractivity contribution in [2.24, 2.45) is 0 Å². The molecule has 0 saturated carbocycles. The van der Waals surface area contributed by atoms with Gasteiger partial charge in [-0.05, 0) is 24.7 Å². The summed E-state index contributed by atoms with van der Waals surface area (Å²) in [4.78, 5) is 2.14. The SMILES string of the molecule is COCCN(C)CCNCc1ccc(OC(F)(F)F)cc1. The van der Waals surface area contributed by atoms with E-state index in [0.717, 1.165) is 25.2 Å². The van der Waals surface area contributed by atoms with Crippen LogP contribution in [0.15, 0.2) is 24.3 Å². The van der Waals surface area contributed by atoms with Crippen molar-refractivity contribution >= 4 is 0 Å². The summed E-state index contributed by atoms with van der Waals surface area (Å²) in [6, 6.07) is 5.86. The third-order valence-corrected chi connectivity index (χ3v) is 2.83. The van der Waals surface area contributed by atoms with Crippen molar-refractivity contribution in [3.63, 3.8) is 0 Å². The van der Waals surface area contributed by atoms with Crippen LogP contribution in [0.25, 0.3) is 0 Å². The highest BCUT2D eigenvalue weighted by molar-refractivity contribution is 5.27. The number of benzene rings is 1. The molecule has 0 aliphatic carbocycles. The number of hydrogen-bond acceptors (Lipinski definition) is 4. The van der Waals surface area contributed by atoms with Gasteiger partial charge < -0.3 is 19.7 Å². The molecule has 21 heavy (non-hydrogen) atoms. The van der Waals surface area contributed by atoms with Crippen molar-refractivity contribution in [3.8, 4) is 5.75 Å². The molecule has 0 atom stereocenters. The third kappa shape index (κ3) is 8.54. The average Bonchev–Trinajstić information content (AvgIpc) is 2.41. The monoisotopic (exact) mass is 306 g/mol. The van der Waals surface area contributed by atoms with Crippen LogP contribution in [-0.4, -0.2) is 51.7 Å². The minimum Gasteiger partial charge on any atom is -0.406 e. The van der Waals surface area contributed by atoms with E-state index in [1.54, 1.807) is 19.2 Å². The summed E-state index contributed by atoms with van der Waals surface area (Å²) in [6.45, 7) is 3.82. The molecular weight excluding hydrogens is 285 g/mol. The number of nitrogens with one attached hydrogen (secondary N) is 1. The molecule has 1 aromatic rings. The van der Waals surface area contributed by atoms with E-state index >= 15 is 0 Å². The molecule has 0 aromatic heterocycles. The second kappa shape index (κ2) is 8.86. The predicted molar refractivity (Wildman–Crippen MR) is 74.2 cm³/mol. The Morgan fingerprint density at radius 1 is 1.14 bits per heavy atom. The van der Waals surface area contributed by atoms with Gasteiger partial charge in [0.05, 0.1) is 6.61 Å². The lowest BCUT2D eigenvalue weighted by atomic mass is 10.2. The van der Waals surface area contributed by atoms with Gasteiger partial charge in [0.2, 0.25) is 0 Å². The summed E-state index contributed by atoms with van der Waals surface area (Å²) in [5, 5.41) is 3.23. The molecule has 0 heterocycles. The van der Waals surface area contributed by atoms with Crippen molar-refractivity contribution in [3.05, 3.63) is 29.8 Å². The quantitative estimate of drug-likeness (QED) is 0.710. The molecule has 0 saturated heterocycles. The first-order valence-corrected chi connectivity index (χ1v) is 6.63. The number of rotatable bonds is 9. The van der Waals surface area contributed by atoms with Crippen LogP contribution < -0.4 is 10.1 Å². The number of halogens is 3. The van der Waals surface area contributed by atoms with Crippen LogP contribution in [-0.2, 0) is 11.3 Å². The Balaban J connectivity index is 2.24. The Kier molecular flexibility index (Phi) is 7.49. The van der Waals surface area contributed by atoms with Crippen molar-refractivity contribution < 1.29 is 22.6 Å². The molecule has 0 spiro atoms. The van der Waals surface area contributed by atoms with Crippen LogP contribution in [0.3, 0.4) is 0 Å². The zero-order valence-corrected chi connectivity index (χ0v) is 12.2. The molecule has 1 N–H and O–H groups in total. The highest BCUT2D eigenvalue weighted by Crippen LogP contribution is 2.22. The molecule has 4 nitrogen and oxygen atoms in total. The van der Waals surface area contributed by atoms with Crippen LogP contribution in [0.5, 0.6) is 5.75 Å². The van der Waals surface area contributed by atoms with Crippen molar-refractivity contribution in [1.82, 2.24) is 10.2 Å². The Labute approximate surface area is 122 Å². The second-order valence-electron chi connectivity index (χ2n) is 4.66. The van der Waals surface area contributed by atoms with Gasteiger partial charge in [-0.3, -0.25) is 0 Å². The lowest BCUT2D eigenvalue weighted by molar-refractivity contribution is -0.274. The van der Waals surface area contributed by atoms with Gasteiger partial charge in [0.25, 0.3) is 0 Å².